The van der Waals surface area contributed by atoms with Crippen LogP contribution in [0.4, 0.5) is 0 Å². The number of aliphatic hydroxyl groups excluding tert-OH is 1. The molecule has 13 nitrogen and oxygen atoms in total. The molecular weight excluding hydrogens is 626 g/mol. The average molecular weight is 660 g/mol. The summed E-state index contributed by atoms with van der Waals surface area (Å²) >= 11 is 0. The topological polar surface area (TPSA) is 185 Å². The first kappa shape index (κ1) is 35.0. The lowest BCUT2D eigenvalue weighted by Gasteiger charge is -2.25. The lowest BCUT2D eigenvalue weighted by atomic mass is 10.0. The maximum atomic E-state index is 13.4. The number of carbonyl (C=O) groups excluding carboxylic acids is 5. The molecule has 3 aromatic carbocycles. The van der Waals surface area contributed by atoms with E-state index in [1.165, 1.54) is 50.2 Å². The standard InChI is InChI=1S/C35H33NO12/c1-3-43-34(41)25(26(36)35(42)44-4-2)27(37)29-30(48-33(40)23-18-12-7-13-19-23)28(47-32(39)22-16-10-6-11-17-22)24(46-29)20-45-31(38)21-14-8-5-9-15-21/h5-19,24,28-30,36-37H,3-4,20H2,1-2H3/b27-25-,36-26?/t24-,28-,29+,30-/m1/s1. The van der Waals surface area contributed by atoms with Crippen molar-refractivity contribution in [1.82, 2.24) is 0 Å². The van der Waals surface area contributed by atoms with Gasteiger partial charge in [0.05, 0.1) is 29.9 Å². The van der Waals surface area contributed by atoms with E-state index in [0.717, 1.165) is 0 Å². The van der Waals surface area contributed by atoms with Crippen molar-refractivity contribution < 1.29 is 57.5 Å². The molecule has 1 aliphatic heterocycles. The van der Waals surface area contributed by atoms with Crippen molar-refractivity contribution in [3.8, 4) is 0 Å². The zero-order valence-corrected chi connectivity index (χ0v) is 26.0. The number of hydrogen-bond acceptors (Lipinski definition) is 13. The Balaban J connectivity index is 1.80. The van der Waals surface area contributed by atoms with Crippen LogP contribution in [0, 0.1) is 5.41 Å². The maximum Gasteiger partial charge on any atom is 0.357 e. The maximum absolute atomic E-state index is 13.4. The molecule has 2 N–H and O–H groups in total. The second kappa shape index (κ2) is 16.7. The van der Waals surface area contributed by atoms with Crippen LogP contribution in [-0.4, -0.2) is 84.9 Å². The van der Waals surface area contributed by atoms with Gasteiger partial charge in [-0.1, -0.05) is 54.6 Å². The first-order valence-corrected chi connectivity index (χ1v) is 14.9. The van der Waals surface area contributed by atoms with Crippen LogP contribution in [0.15, 0.2) is 102 Å². The third-order valence-electron chi connectivity index (χ3n) is 6.94. The van der Waals surface area contributed by atoms with Crippen LogP contribution in [0.3, 0.4) is 0 Å². The number of ether oxygens (including phenoxy) is 6. The van der Waals surface area contributed by atoms with Crippen molar-refractivity contribution in [3.05, 3.63) is 119 Å². The van der Waals surface area contributed by atoms with Gasteiger partial charge in [0, 0.05) is 0 Å². The van der Waals surface area contributed by atoms with Gasteiger partial charge in [0.25, 0.3) is 0 Å². The summed E-state index contributed by atoms with van der Waals surface area (Å²) in [6.07, 6.45) is -6.49. The van der Waals surface area contributed by atoms with Gasteiger partial charge in [-0.3, -0.25) is 5.41 Å². The van der Waals surface area contributed by atoms with Gasteiger partial charge in [-0.2, -0.15) is 0 Å². The second-order valence-electron chi connectivity index (χ2n) is 10.1. The molecule has 13 heteroatoms. The number of nitrogens with one attached hydrogen (secondary N) is 1. The Kier molecular flexibility index (Phi) is 12.2. The molecule has 250 valence electrons. The Bertz CT molecular complexity index is 1660. The highest BCUT2D eigenvalue weighted by Crippen LogP contribution is 2.34. The van der Waals surface area contributed by atoms with Crippen molar-refractivity contribution in [2.24, 2.45) is 0 Å². The van der Waals surface area contributed by atoms with Gasteiger partial charge in [-0.05, 0) is 50.2 Å². The smallest absolute Gasteiger partial charge is 0.357 e. The van der Waals surface area contributed by atoms with Gasteiger partial charge < -0.3 is 33.5 Å². The number of benzene rings is 3. The summed E-state index contributed by atoms with van der Waals surface area (Å²) in [6, 6.07) is 23.5. The molecule has 4 atom stereocenters. The van der Waals surface area contributed by atoms with Gasteiger partial charge in [0.15, 0.2) is 24.0 Å². The van der Waals surface area contributed by atoms with E-state index >= 15 is 0 Å². The first-order valence-electron chi connectivity index (χ1n) is 14.9. The predicted molar refractivity (Wildman–Crippen MR) is 167 cm³/mol. The monoisotopic (exact) mass is 659 g/mol. The van der Waals surface area contributed by atoms with E-state index in [1.54, 1.807) is 54.6 Å². The van der Waals surface area contributed by atoms with E-state index in [1.807, 2.05) is 0 Å². The Morgan fingerprint density at radius 2 is 1.08 bits per heavy atom. The van der Waals surface area contributed by atoms with Crippen molar-refractivity contribution in [2.45, 2.75) is 38.3 Å². The highest BCUT2D eigenvalue weighted by Gasteiger charge is 2.53. The van der Waals surface area contributed by atoms with Crippen LogP contribution in [0.25, 0.3) is 0 Å². The zero-order valence-electron chi connectivity index (χ0n) is 26.0. The summed E-state index contributed by atoms with van der Waals surface area (Å²) in [4.78, 5) is 65.1. The Morgan fingerprint density at radius 3 is 1.56 bits per heavy atom. The van der Waals surface area contributed by atoms with Gasteiger partial charge in [0.1, 0.15) is 24.0 Å². The van der Waals surface area contributed by atoms with Crippen LogP contribution in [0.1, 0.15) is 44.9 Å². The normalized spacial score (nSPS) is 18.9. The molecule has 0 saturated carbocycles. The number of carbonyl (C=O) groups is 5. The lowest BCUT2D eigenvalue weighted by molar-refractivity contribution is -0.140. The molecular formula is C35H33NO12. The molecule has 48 heavy (non-hydrogen) atoms. The third kappa shape index (κ3) is 8.50. The molecule has 0 aliphatic carbocycles. The van der Waals surface area contributed by atoms with Crippen LogP contribution in [-0.2, 0) is 38.0 Å². The van der Waals surface area contributed by atoms with Crippen molar-refractivity contribution >= 4 is 35.6 Å². The van der Waals surface area contributed by atoms with Crippen molar-refractivity contribution in [1.29, 1.82) is 5.41 Å². The quantitative estimate of drug-likeness (QED) is 0.0884. The minimum atomic E-state index is -1.83. The van der Waals surface area contributed by atoms with E-state index in [4.69, 9.17) is 33.8 Å². The molecule has 0 bridgehead atoms. The SMILES string of the molecule is CCOC(=O)C(=N)/C(C(=O)OCC)=C(/O)[C@@H]1O[C@H](COC(=O)c2ccccc2)[C@@H](OC(=O)c2ccccc2)[C@H]1OC(=O)c1ccccc1. The van der Waals surface area contributed by atoms with Crippen LogP contribution in [0.5, 0.6) is 0 Å². The molecule has 1 aliphatic rings. The Morgan fingerprint density at radius 1 is 0.646 bits per heavy atom. The molecule has 0 spiro atoms. The summed E-state index contributed by atoms with van der Waals surface area (Å²) in [5.74, 6) is -6.15. The number of hydrogen-bond donors (Lipinski definition) is 2. The number of rotatable bonds is 13. The van der Waals surface area contributed by atoms with E-state index in [9.17, 15) is 29.1 Å². The molecule has 0 aromatic heterocycles. The predicted octanol–water partition coefficient (Wildman–Crippen LogP) is 4.02. The lowest BCUT2D eigenvalue weighted by Crippen LogP contribution is -2.43. The van der Waals surface area contributed by atoms with E-state index in [0.29, 0.717) is 0 Å². The third-order valence-corrected chi connectivity index (χ3v) is 6.94. The van der Waals surface area contributed by atoms with Crippen LogP contribution in [0.2, 0.25) is 0 Å². The minimum absolute atomic E-state index is 0.0803. The van der Waals surface area contributed by atoms with Crippen molar-refractivity contribution in [3.63, 3.8) is 0 Å². The van der Waals surface area contributed by atoms with E-state index in [2.05, 4.69) is 0 Å². The minimum Gasteiger partial charge on any atom is -0.508 e. The molecule has 1 saturated heterocycles. The number of esters is 5. The molecule has 1 heterocycles. The first-order chi connectivity index (χ1) is 23.2. The Labute approximate surface area is 275 Å². The fraction of sp³-hybridized carbons (Fsp3) is 0.257. The summed E-state index contributed by atoms with van der Waals surface area (Å²) in [7, 11) is 0. The fourth-order valence-corrected chi connectivity index (χ4v) is 4.69. The molecule has 0 unspecified atom stereocenters. The Hall–Kier alpha value is -5.82. The second-order valence-corrected chi connectivity index (χ2v) is 10.1. The van der Waals surface area contributed by atoms with Gasteiger partial charge >= 0.3 is 29.8 Å². The fourth-order valence-electron chi connectivity index (χ4n) is 4.69. The van der Waals surface area contributed by atoms with Crippen LogP contribution < -0.4 is 0 Å². The van der Waals surface area contributed by atoms with E-state index in [-0.39, 0.29) is 29.9 Å². The summed E-state index contributed by atoms with van der Waals surface area (Å²) in [5, 5.41) is 19.9. The van der Waals surface area contributed by atoms with E-state index < -0.39 is 77.9 Å². The van der Waals surface area contributed by atoms with Gasteiger partial charge in [-0.25, -0.2) is 24.0 Å². The molecule has 4 rings (SSSR count). The molecule has 1 fully saturated rings. The largest absolute Gasteiger partial charge is 0.508 e. The van der Waals surface area contributed by atoms with Crippen LogP contribution >= 0.6 is 0 Å². The molecule has 3 aromatic rings. The summed E-state index contributed by atoms with van der Waals surface area (Å²) in [6.45, 7) is 2.02. The van der Waals surface area contributed by atoms with Gasteiger partial charge in [0.2, 0.25) is 0 Å². The summed E-state index contributed by atoms with van der Waals surface area (Å²) < 4.78 is 32.9. The highest BCUT2D eigenvalue weighted by molar-refractivity contribution is 6.48. The molecule has 0 amide bonds. The summed E-state index contributed by atoms with van der Waals surface area (Å²) in [5.41, 5.74) is -1.61. The average Bonchev–Trinajstić information content (AvgIpc) is 3.44. The highest BCUT2D eigenvalue weighted by atomic mass is 16.7. The zero-order chi connectivity index (χ0) is 34.6. The van der Waals surface area contributed by atoms with Gasteiger partial charge in [-0.15, -0.1) is 0 Å². The van der Waals surface area contributed by atoms with Crippen molar-refractivity contribution in [2.75, 3.05) is 19.8 Å². The molecule has 0 radical (unpaired) electrons. The number of aliphatic hydroxyl groups is 1.